The Hall–Kier alpha value is -4.22. The van der Waals surface area contributed by atoms with Gasteiger partial charge in [-0.25, -0.2) is 0 Å². The number of aromatic nitrogens is 1. The molecule has 1 aliphatic heterocycles. The molecule has 1 aliphatic rings. The predicted octanol–water partition coefficient (Wildman–Crippen LogP) is 3.22. The molecule has 3 aromatic rings. The lowest BCUT2D eigenvalue weighted by Gasteiger charge is -2.34. The van der Waals surface area contributed by atoms with Gasteiger partial charge in [0.05, 0.1) is 6.26 Å². The van der Waals surface area contributed by atoms with Gasteiger partial charge in [0.1, 0.15) is 18.0 Å². The van der Waals surface area contributed by atoms with Crippen LogP contribution in [-0.4, -0.2) is 64.6 Å². The number of carbonyl (C=O) groups is 3. The van der Waals surface area contributed by atoms with Crippen molar-refractivity contribution in [2.45, 2.75) is 12.9 Å². The molecule has 35 heavy (non-hydrogen) atoms. The Kier molecular flexibility index (Phi) is 6.80. The van der Waals surface area contributed by atoms with Crippen molar-refractivity contribution in [3.63, 3.8) is 0 Å². The minimum absolute atomic E-state index is 0.175. The summed E-state index contributed by atoms with van der Waals surface area (Å²) in [5, 5.41) is 2.57. The maximum Gasteiger partial charge on any atom is 0.573 e. The number of nitrogens with zero attached hydrogens (tertiary/aromatic N) is 3. The first kappa shape index (κ1) is 23.9. The first-order valence-corrected chi connectivity index (χ1v) is 10.6. The summed E-state index contributed by atoms with van der Waals surface area (Å²) < 4.78 is 47.2. The van der Waals surface area contributed by atoms with Gasteiger partial charge in [0.2, 0.25) is 5.91 Å². The maximum atomic E-state index is 13.0. The molecule has 2 aromatic heterocycles. The minimum atomic E-state index is -4.80. The predicted molar refractivity (Wildman–Crippen MR) is 117 cm³/mol. The number of anilines is 1. The molecule has 0 spiro atoms. The highest BCUT2D eigenvalue weighted by Gasteiger charge is 2.31. The van der Waals surface area contributed by atoms with E-state index >= 15 is 0 Å². The fraction of sp³-hybridized carbons (Fsp3) is 0.261. The van der Waals surface area contributed by atoms with Gasteiger partial charge in [-0.15, -0.1) is 13.2 Å². The largest absolute Gasteiger partial charge is 0.573 e. The Labute approximate surface area is 197 Å². The van der Waals surface area contributed by atoms with Gasteiger partial charge in [0, 0.05) is 38.1 Å². The van der Waals surface area contributed by atoms with Crippen molar-refractivity contribution in [3.8, 4) is 5.75 Å². The number of ether oxygens (including phenoxy) is 1. The van der Waals surface area contributed by atoms with Crippen LogP contribution in [0.25, 0.3) is 0 Å². The molecule has 0 aliphatic carbocycles. The van der Waals surface area contributed by atoms with Gasteiger partial charge >= 0.3 is 6.36 Å². The quantitative estimate of drug-likeness (QED) is 0.573. The Morgan fingerprint density at radius 3 is 2.17 bits per heavy atom. The van der Waals surface area contributed by atoms with Crippen LogP contribution in [0.4, 0.5) is 18.9 Å². The van der Waals surface area contributed by atoms with Crippen LogP contribution in [0.1, 0.15) is 21.0 Å². The van der Waals surface area contributed by atoms with Crippen molar-refractivity contribution < 1.29 is 36.7 Å². The molecule has 0 radical (unpaired) electrons. The van der Waals surface area contributed by atoms with Crippen LogP contribution in [-0.2, 0) is 11.3 Å². The van der Waals surface area contributed by atoms with E-state index in [2.05, 4.69) is 10.1 Å². The van der Waals surface area contributed by atoms with E-state index < -0.39 is 18.0 Å². The molecule has 0 bridgehead atoms. The molecular formula is C23H21F3N4O5. The molecule has 0 saturated carbocycles. The summed E-state index contributed by atoms with van der Waals surface area (Å²) >= 11 is 0. The third-order valence-electron chi connectivity index (χ3n) is 5.32. The minimum Gasteiger partial charge on any atom is -0.459 e. The molecule has 3 heterocycles. The van der Waals surface area contributed by atoms with Gasteiger partial charge in [-0.1, -0.05) is 0 Å². The van der Waals surface area contributed by atoms with Crippen molar-refractivity contribution in [3.05, 3.63) is 72.4 Å². The number of halogens is 3. The molecule has 0 atom stereocenters. The summed E-state index contributed by atoms with van der Waals surface area (Å²) in [6, 6.07) is 11.2. The summed E-state index contributed by atoms with van der Waals surface area (Å²) in [7, 11) is 0. The topological polar surface area (TPSA) is 97.0 Å². The van der Waals surface area contributed by atoms with Crippen LogP contribution in [0.3, 0.4) is 0 Å². The van der Waals surface area contributed by atoms with E-state index in [1.165, 1.54) is 23.0 Å². The average molecular weight is 490 g/mol. The van der Waals surface area contributed by atoms with Crippen LogP contribution in [0.15, 0.2) is 65.4 Å². The van der Waals surface area contributed by atoms with Crippen molar-refractivity contribution >= 4 is 23.4 Å². The number of rotatable bonds is 6. The lowest BCUT2D eigenvalue weighted by atomic mass is 10.2. The number of hydrogen-bond acceptors (Lipinski definition) is 5. The van der Waals surface area contributed by atoms with Crippen LogP contribution in [0, 0.1) is 0 Å². The molecule has 1 fully saturated rings. The molecule has 12 heteroatoms. The molecule has 0 unspecified atom stereocenters. The zero-order valence-electron chi connectivity index (χ0n) is 18.3. The van der Waals surface area contributed by atoms with Crippen LogP contribution in [0.5, 0.6) is 5.75 Å². The second-order valence-corrected chi connectivity index (χ2v) is 7.70. The van der Waals surface area contributed by atoms with Crippen LogP contribution >= 0.6 is 0 Å². The fourth-order valence-corrected chi connectivity index (χ4v) is 3.67. The van der Waals surface area contributed by atoms with E-state index in [4.69, 9.17) is 4.42 Å². The first-order chi connectivity index (χ1) is 16.7. The Balaban J connectivity index is 1.32. The number of benzene rings is 1. The highest BCUT2D eigenvalue weighted by atomic mass is 19.4. The van der Waals surface area contributed by atoms with Crippen molar-refractivity contribution in [1.29, 1.82) is 0 Å². The number of nitrogens with one attached hydrogen (secondary N) is 1. The number of alkyl halides is 3. The molecule has 1 aromatic carbocycles. The number of hydrogen-bond donors (Lipinski definition) is 1. The molecule has 4 rings (SSSR count). The van der Waals surface area contributed by atoms with Crippen LogP contribution in [0.2, 0.25) is 0 Å². The number of piperazine rings is 1. The Morgan fingerprint density at radius 1 is 0.914 bits per heavy atom. The Morgan fingerprint density at radius 2 is 1.57 bits per heavy atom. The number of amides is 3. The van der Waals surface area contributed by atoms with Crippen molar-refractivity contribution in [1.82, 2.24) is 14.4 Å². The van der Waals surface area contributed by atoms with Crippen molar-refractivity contribution in [2.75, 3.05) is 31.5 Å². The molecule has 9 nitrogen and oxygen atoms in total. The molecule has 184 valence electrons. The van der Waals surface area contributed by atoms with Crippen molar-refractivity contribution in [2.24, 2.45) is 0 Å². The summed E-state index contributed by atoms with van der Waals surface area (Å²) in [6.07, 6.45) is -1.79. The van der Waals surface area contributed by atoms with Gasteiger partial charge in [-0.3, -0.25) is 14.4 Å². The normalized spacial score (nSPS) is 14.0. The Bertz CT molecular complexity index is 1180. The SMILES string of the molecule is O=C(Cn1cccc1C(=O)N1CCN(C(=O)c2ccco2)CC1)Nc1ccc(OC(F)(F)F)cc1. The molecular weight excluding hydrogens is 469 g/mol. The van der Waals surface area contributed by atoms with Crippen LogP contribution < -0.4 is 10.1 Å². The van der Waals surface area contributed by atoms with Gasteiger partial charge in [0.15, 0.2) is 5.76 Å². The molecule has 3 amide bonds. The second kappa shape index (κ2) is 9.95. The van der Waals surface area contributed by atoms with Gasteiger partial charge < -0.3 is 28.8 Å². The summed E-state index contributed by atoms with van der Waals surface area (Å²) in [5.74, 6) is -1.14. The van der Waals surface area contributed by atoms with E-state index in [9.17, 15) is 27.6 Å². The third kappa shape index (κ3) is 6.02. The smallest absolute Gasteiger partial charge is 0.459 e. The fourth-order valence-electron chi connectivity index (χ4n) is 3.67. The number of carbonyl (C=O) groups excluding carboxylic acids is 3. The highest BCUT2D eigenvalue weighted by molar-refractivity contribution is 5.95. The lowest BCUT2D eigenvalue weighted by Crippen LogP contribution is -2.50. The molecule has 1 saturated heterocycles. The summed E-state index contributed by atoms with van der Waals surface area (Å²) in [6.45, 7) is 1.18. The summed E-state index contributed by atoms with van der Waals surface area (Å²) in [5.41, 5.74) is 0.585. The number of furan rings is 1. The van der Waals surface area contributed by atoms with E-state index in [0.717, 1.165) is 12.1 Å². The lowest BCUT2D eigenvalue weighted by molar-refractivity contribution is -0.274. The highest BCUT2D eigenvalue weighted by Crippen LogP contribution is 2.24. The monoisotopic (exact) mass is 490 g/mol. The van der Waals surface area contributed by atoms with E-state index in [1.807, 2.05) is 0 Å². The van der Waals surface area contributed by atoms with Gasteiger partial charge in [0.25, 0.3) is 11.8 Å². The molecule has 1 N–H and O–H groups in total. The zero-order valence-corrected chi connectivity index (χ0v) is 18.3. The maximum absolute atomic E-state index is 13.0. The zero-order chi connectivity index (χ0) is 25.0. The first-order valence-electron chi connectivity index (χ1n) is 10.6. The summed E-state index contributed by atoms with van der Waals surface area (Å²) in [4.78, 5) is 41.1. The van der Waals surface area contributed by atoms with E-state index in [-0.39, 0.29) is 29.8 Å². The standard InChI is InChI=1S/C23H21F3N4O5/c24-23(25,26)35-17-7-5-16(6-8-17)27-20(31)15-30-9-1-3-18(30)21(32)28-10-12-29(13-11-28)22(33)19-4-2-14-34-19/h1-9,14H,10-13,15H2,(H,27,31). The van der Waals surface area contributed by atoms with Gasteiger partial charge in [-0.05, 0) is 48.5 Å². The van der Waals surface area contributed by atoms with E-state index in [0.29, 0.717) is 31.9 Å². The third-order valence-corrected chi connectivity index (χ3v) is 5.32. The average Bonchev–Trinajstić information content (AvgIpc) is 3.51. The van der Waals surface area contributed by atoms with E-state index in [1.54, 1.807) is 40.3 Å². The van der Waals surface area contributed by atoms with Gasteiger partial charge in [-0.2, -0.15) is 0 Å². The second-order valence-electron chi connectivity index (χ2n) is 7.70.